The summed E-state index contributed by atoms with van der Waals surface area (Å²) in [7, 11) is 0. The minimum Gasteiger partial charge on any atom is -0.378 e. The number of aryl methyl sites for hydroxylation is 1. The first-order valence-corrected chi connectivity index (χ1v) is 5.05. The van der Waals surface area contributed by atoms with Crippen LogP contribution in [0.1, 0.15) is 16.1 Å². The highest BCUT2D eigenvalue weighted by molar-refractivity contribution is 6.00. The van der Waals surface area contributed by atoms with Crippen molar-refractivity contribution in [2.75, 3.05) is 19.8 Å². The van der Waals surface area contributed by atoms with Gasteiger partial charge in [0.05, 0.1) is 19.3 Å². The highest BCUT2D eigenvalue weighted by Crippen LogP contribution is 2.06. The van der Waals surface area contributed by atoms with Gasteiger partial charge in [-0.15, -0.1) is 0 Å². The van der Waals surface area contributed by atoms with E-state index in [-0.39, 0.29) is 11.8 Å². The Labute approximate surface area is 88.7 Å². The van der Waals surface area contributed by atoms with Gasteiger partial charge < -0.3 is 10.1 Å². The number of aromatic nitrogens is 1. The fraction of sp³-hybridized carbons (Fsp3) is 0.455. The smallest absolute Gasteiger partial charge is 0.183 e. The molecule has 80 valence electrons. The Morgan fingerprint density at radius 2 is 2.47 bits per heavy atom. The van der Waals surface area contributed by atoms with Gasteiger partial charge in [0.2, 0.25) is 0 Å². The molecule has 0 saturated carbocycles. The van der Waals surface area contributed by atoms with Gasteiger partial charge in [0, 0.05) is 24.0 Å². The van der Waals surface area contributed by atoms with Gasteiger partial charge in [-0.1, -0.05) is 0 Å². The molecule has 1 aliphatic heterocycles. The lowest BCUT2D eigenvalue weighted by Gasteiger charge is -2.22. The van der Waals surface area contributed by atoms with E-state index >= 15 is 0 Å². The van der Waals surface area contributed by atoms with E-state index in [0.29, 0.717) is 18.8 Å². The molecule has 0 aliphatic carbocycles. The number of Topliss-reactive ketones (excluding diaryl/α,β-unsaturated/α-hetero) is 1. The van der Waals surface area contributed by atoms with Crippen LogP contribution in [0.2, 0.25) is 0 Å². The van der Waals surface area contributed by atoms with Crippen molar-refractivity contribution < 1.29 is 9.53 Å². The maximum Gasteiger partial charge on any atom is 0.183 e. The normalized spacial score (nSPS) is 21.3. The summed E-state index contributed by atoms with van der Waals surface area (Å²) in [5.41, 5.74) is 1.56. The lowest BCUT2D eigenvalue weighted by Crippen LogP contribution is -2.46. The molecule has 1 unspecified atom stereocenters. The number of nitrogens with one attached hydrogen (secondary N) is 1. The Bertz CT molecular complexity index is 342. The number of carbonyl (C=O) groups excluding carboxylic acids is 1. The summed E-state index contributed by atoms with van der Waals surface area (Å²) >= 11 is 0. The Morgan fingerprint density at radius 1 is 1.60 bits per heavy atom. The Morgan fingerprint density at radius 3 is 3.07 bits per heavy atom. The van der Waals surface area contributed by atoms with Gasteiger partial charge in [-0.3, -0.25) is 9.78 Å². The second kappa shape index (κ2) is 4.51. The van der Waals surface area contributed by atoms with E-state index in [1.807, 2.05) is 13.0 Å². The summed E-state index contributed by atoms with van der Waals surface area (Å²) < 4.78 is 5.24. The SMILES string of the molecule is Cc1ccc(C(=O)C2COCCN2)cn1. The molecule has 0 bridgehead atoms. The molecule has 4 nitrogen and oxygen atoms in total. The van der Waals surface area contributed by atoms with E-state index in [9.17, 15) is 4.79 Å². The van der Waals surface area contributed by atoms with Crippen LogP contribution in [0.3, 0.4) is 0 Å². The molecule has 1 aromatic heterocycles. The molecule has 0 radical (unpaired) electrons. The Hall–Kier alpha value is -1.26. The summed E-state index contributed by atoms with van der Waals surface area (Å²) in [4.78, 5) is 16.0. The fourth-order valence-electron chi connectivity index (χ4n) is 1.55. The molecule has 1 aliphatic rings. The summed E-state index contributed by atoms with van der Waals surface area (Å²) in [5.74, 6) is 0.0576. The van der Waals surface area contributed by atoms with Crippen molar-refractivity contribution in [3.05, 3.63) is 29.6 Å². The van der Waals surface area contributed by atoms with Crippen LogP contribution >= 0.6 is 0 Å². The number of rotatable bonds is 2. The molecule has 1 atom stereocenters. The molecule has 0 aromatic carbocycles. The molecule has 0 amide bonds. The van der Waals surface area contributed by atoms with Crippen LogP contribution in [0, 0.1) is 6.92 Å². The molecular formula is C11H14N2O2. The standard InChI is InChI=1S/C11H14N2O2/c1-8-2-3-9(6-13-8)11(14)10-7-15-5-4-12-10/h2-3,6,10,12H,4-5,7H2,1H3. The predicted molar refractivity (Wildman–Crippen MR) is 55.9 cm³/mol. The highest BCUT2D eigenvalue weighted by Gasteiger charge is 2.22. The summed E-state index contributed by atoms with van der Waals surface area (Å²) in [6.07, 6.45) is 1.62. The Kier molecular flexibility index (Phi) is 3.08. The third kappa shape index (κ3) is 2.40. The van der Waals surface area contributed by atoms with Gasteiger partial charge in [-0.2, -0.15) is 0 Å². The predicted octanol–water partition coefficient (Wildman–Crippen LogP) is 0.561. The van der Waals surface area contributed by atoms with Crippen LogP contribution in [0.4, 0.5) is 0 Å². The number of hydrogen-bond donors (Lipinski definition) is 1. The maximum atomic E-state index is 11.9. The number of hydrogen-bond acceptors (Lipinski definition) is 4. The van der Waals surface area contributed by atoms with E-state index in [1.165, 1.54) is 0 Å². The highest BCUT2D eigenvalue weighted by atomic mass is 16.5. The first-order chi connectivity index (χ1) is 7.27. The molecule has 2 rings (SSSR count). The lowest BCUT2D eigenvalue weighted by molar-refractivity contribution is 0.0607. The molecule has 2 heterocycles. The molecule has 1 N–H and O–H groups in total. The van der Waals surface area contributed by atoms with Crippen LogP contribution in [-0.2, 0) is 4.74 Å². The number of ketones is 1. The average Bonchev–Trinajstić information content (AvgIpc) is 2.30. The third-order valence-electron chi connectivity index (χ3n) is 2.43. The zero-order chi connectivity index (χ0) is 10.7. The van der Waals surface area contributed by atoms with E-state index < -0.39 is 0 Å². The minimum absolute atomic E-state index is 0.0576. The zero-order valence-corrected chi connectivity index (χ0v) is 8.69. The van der Waals surface area contributed by atoms with Crippen molar-refractivity contribution in [1.29, 1.82) is 0 Å². The number of pyridine rings is 1. The summed E-state index contributed by atoms with van der Waals surface area (Å²) in [6.45, 7) is 3.76. The number of nitrogens with zero attached hydrogens (tertiary/aromatic N) is 1. The average molecular weight is 206 g/mol. The molecule has 1 aromatic rings. The first kappa shape index (κ1) is 10.3. The Balaban J connectivity index is 2.09. The lowest BCUT2D eigenvalue weighted by atomic mass is 10.1. The van der Waals surface area contributed by atoms with E-state index in [4.69, 9.17) is 4.74 Å². The summed E-state index contributed by atoms with van der Waals surface area (Å²) in [5, 5.41) is 3.13. The molecule has 1 fully saturated rings. The van der Waals surface area contributed by atoms with E-state index in [2.05, 4.69) is 10.3 Å². The molecule has 15 heavy (non-hydrogen) atoms. The molecule has 0 spiro atoms. The molecule has 4 heteroatoms. The first-order valence-electron chi connectivity index (χ1n) is 5.05. The third-order valence-corrected chi connectivity index (χ3v) is 2.43. The van der Waals surface area contributed by atoms with Crippen LogP contribution in [0.25, 0.3) is 0 Å². The maximum absolute atomic E-state index is 11.9. The van der Waals surface area contributed by atoms with E-state index in [0.717, 1.165) is 12.2 Å². The van der Waals surface area contributed by atoms with Crippen molar-refractivity contribution in [3.63, 3.8) is 0 Å². The summed E-state index contributed by atoms with van der Waals surface area (Å²) in [6, 6.07) is 3.43. The van der Waals surface area contributed by atoms with Gasteiger partial charge in [0.15, 0.2) is 5.78 Å². The van der Waals surface area contributed by atoms with Gasteiger partial charge in [0.1, 0.15) is 0 Å². The van der Waals surface area contributed by atoms with Gasteiger partial charge in [-0.05, 0) is 19.1 Å². The van der Waals surface area contributed by atoms with Crippen molar-refractivity contribution >= 4 is 5.78 Å². The molecular weight excluding hydrogens is 192 g/mol. The topological polar surface area (TPSA) is 51.2 Å². The van der Waals surface area contributed by atoms with Crippen molar-refractivity contribution in [3.8, 4) is 0 Å². The van der Waals surface area contributed by atoms with Gasteiger partial charge >= 0.3 is 0 Å². The van der Waals surface area contributed by atoms with Crippen molar-refractivity contribution in [1.82, 2.24) is 10.3 Å². The minimum atomic E-state index is -0.219. The van der Waals surface area contributed by atoms with E-state index in [1.54, 1.807) is 12.3 Å². The van der Waals surface area contributed by atoms with Crippen molar-refractivity contribution in [2.24, 2.45) is 0 Å². The second-order valence-corrected chi connectivity index (χ2v) is 3.63. The molecule has 1 saturated heterocycles. The largest absolute Gasteiger partial charge is 0.378 e. The van der Waals surface area contributed by atoms with Crippen molar-refractivity contribution in [2.45, 2.75) is 13.0 Å². The van der Waals surface area contributed by atoms with Crippen LogP contribution in [0.5, 0.6) is 0 Å². The quantitative estimate of drug-likeness (QED) is 0.718. The van der Waals surface area contributed by atoms with Gasteiger partial charge in [0.25, 0.3) is 0 Å². The van der Waals surface area contributed by atoms with Crippen LogP contribution in [-0.4, -0.2) is 36.6 Å². The number of morpholine rings is 1. The zero-order valence-electron chi connectivity index (χ0n) is 8.69. The second-order valence-electron chi connectivity index (χ2n) is 3.63. The fourth-order valence-corrected chi connectivity index (χ4v) is 1.55. The number of ether oxygens (including phenoxy) is 1. The number of carbonyl (C=O) groups is 1. The van der Waals surface area contributed by atoms with Crippen LogP contribution in [0.15, 0.2) is 18.3 Å². The van der Waals surface area contributed by atoms with Gasteiger partial charge in [-0.25, -0.2) is 0 Å². The monoisotopic (exact) mass is 206 g/mol. The van der Waals surface area contributed by atoms with Crippen LogP contribution < -0.4 is 5.32 Å².